The van der Waals surface area contributed by atoms with Crippen LogP contribution in [0.2, 0.25) is 0 Å². The Balaban J connectivity index is 2.59. The first-order valence-corrected chi connectivity index (χ1v) is 10.1. The Kier molecular flexibility index (Phi) is 8.85. The first-order chi connectivity index (χ1) is 11.8. The summed E-state index contributed by atoms with van der Waals surface area (Å²) < 4.78 is 37.8. The first-order valence-electron chi connectivity index (χ1n) is 8.48. The molecule has 0 aliphatic carbocycles. The number of guanidine groups is 1. The molecule has 8 heteroatoms. The molecule has 142 valence electrons. The SMILES string of the molecule is CCNC(=NCCCN(C)S(=O)(=O)CC)N(C)Cc1ccc(F)cc1. The summed E-state index contributed by atoms with van der Waals surface area (Å²) in [5.74, 6) is 0.599. The van der Waals surface area contributed by atoms with Gasteiger partial charge in [0.2, 0.25) is 10.0 Å². The maximum atomic E-state index is 13.0. The van der Waals surface area contributed by atoms with E-state index in [9.17, 15) is 12.8 Å². The first kappa shape index (κ1) is 21.4. The van der Waals surface area contributed by atoms with E-state index in [-0.39, 0.29) is 11.6 Å². The molecule has 6 nitrogen and oxygen atoms in total. The standard InChI is InChI=1S/C17H29FN4O2S/c1-5-19-17(20-12-7-13-22(4)25(23,24)6-2)21(3)14-15-8-10-16(18)11-9-15/h8-11H,5-7,12-14H2,1-4H3,(H,19,20). The van der Waals surface area contributed by atoms with E-state index in [0.717, 1.165) is 18.1 Å². The van der Waals surface area contributed by atoms with Gasteiger partial charge in [-0.25, -0.2) is 17.1 Å². The Hall–Kier alpha value is -1.67. The zero-order valence-corrected chi connectivity index (χ0v) is 16.3. The second kappa shape index (κ2) is 10.4. The van der Waals surface area contributed by atoms with Gasteiger partial charge < -0.3 is 10.2 Å². The van der Waals surface area contributed by atoms with Gasteiger partial charge >= 0.3 is 0 Å². The number of benzene rings is 1. The van der Waals surface area contributed by atoms with Crippen LogP contribution in [0.15, 0.2) is 29.3 Å². The third-order valence-electron chi connectivity index (χ3n) is 3.76. The molecule has 0 saturated heterocycles. The van der Waals surface area contributed by atoms with Crippen molar-refractivity contribution in [2.75, 3.05) is 39.5 Å². The molecule has 1 rings (SSSR count). The second-order valence-corrected chi connectivity index (χ2v) is 8.16. The summed E-state index contributed by atoms with van der Waals surface area (Å²) in [5.41, 5.74) is 0.989. The van der Waals surface area contributed by atoms with Gasteiger partial charge in [-0.2, -0.15) is 0 Å². The van der Waals surface area contributed by atoms with Crippen LogP contribution in [0.25, 0.3) is 0 Å². The molecule has 0 aliphatic rings. The summed E-state index contributed by atoms with van der Waals surface area (Å²) in [6.07, 6.45) is 0.648. The fourth-order valence-corrected chi connectivity index (χ4v) is 3.09. The van der Waals surface area contributed by atoms with Gasteiger partial charge in [-0.3, -0.25) is 4.99 Å². The summed E-state index contributed by atoms with van der Waals surface area (Å²) in [5, 5.41) is 3.21. The van der Waals surface area contributed by atoms with Crippen LogP contribution in [0.4, 0.5) is 4.39 Å². The molecule has 0 spiro atoms. The highest BCUT2D eigenvalue weighted by Gasteiger charge is 2.14. The third kappa shape index (κ3) is 7.39. The third-order valence-corrected chi connectivity index (χ3v) is 5.62. The quantitative estimate of drug-likeness (QED) is 0.408. The Morgan fingerprint density at radius 3 is 2.40 bits per heavy atom. The monoisotopic (exact) mass is 372 g/mol. The minimum Gasteiger partial charge on any atom is -0.357 e. The Morgan fingerprint density at radius 2 is 1.84 bits per heavy atom. The summed E-state index contributed by atoms with van der Waals surface area (Å²) in [7, 11) is 0.365. The molecule has 0 fully saturated rings. The average molecular weight is 373 g/mol. The zero-order chi connectivity index (χ0) is 18.9. The Morgan fingerprint density at radius 1 is 1.20 bits per heavy atom. The van der Waals surface area contributed by atoms with E-state index >= 15 is 0 Å². The zero-order valence-electron chi connectivity index (χ0n) is 15.5. The van der Waals surface area contributed by atoms with Gasteiger partial charge in [0.15, 0.2) is 5.96 Å². The molecule has 0 unspecified atom stereocenters. The molecule has 0 aliphatic heterocycles. The number of rotatable bonds is 9. The lowest BCUT2D eigenvalue weighted by atomic mass is 10.2. The van der Waals surface area contributed by atoms with Gasteiger partial charge in [0.1, 0.15) is 5.82 Å². The minimum atomic E-state index is -3.14. The van der Waals surface area contributed by atoms with E-state index in [2.05, 4.69) is 10.3 Å². The van der Waals surface area contributed by atoms with Crippen LogP contribution in [0, 0.1) is 5.82 Å². The van der Waals surface area contributed by atoms with Gasteiger partial charge in [-0.15, -0.1) is 0 Å². The number of hydrogen-bond acceptors (Lipinski definition) is 3. The summed E-state index contributed by atoms with van der Waals surface area (Å²) in [4.78, 5) is 6.50. The lowest BCUT2D eigenvalue weighted by Crippen LogP contribution is -2.38. The molecule has 0 amide bonds. The summed E-state index contributed by atoms with van der Waals surface area (Å²) in [6, 6.07) is 6.38. The molecular formula is C17H29FN4O2S. The van der Waals surface area contributed by atoms with E-state index in [1.807, 2.05) is 18.9 Å². The van der Waals surface area contributed by atoms with E-state index in [1.54, 1.807) is 26.1 Å². The number of nitrogens with one attached hydrogen (secondary N) is 1. The smallest absolute Gasteiger partial charge is 0.213 e. The van der Waals surface area contributed by atoms with Crippen LogP contribution in [-0.4, -0.2) is 63.1 Å². The van der Waals surface area contributed by atoms with Crippen molar-refractivity contribution in [1.29, 1.82) is 0 Å². The topological polar surface area (TPSA) is 65.0 Å². The van der Waals surface area contributed by atoms with Crippen molar-refractivity contribution in [2.24, 2.45) is 4.99 Å². The number of hydrogen-bond donors (Lipinski definition) is 1. The lowest BCUT2D eigenvalue weighted by molar-refractivity contribution is 0.458. The largest absolute Gasteiger partial charge is 0.357 e. The molecule has 0 atom stereocenters. The molecule has 0 heterocycles. The maximum absolute atomic E-state index is 13.0. The van der Waals surface area contributed by atoms with Crippen LogP contribution in [0.5, 0.6) is 0 Å². The van der Waals surface area contributed by atoms with Crippen molar-refractivity contribution in [3.63, 3.8) is 0 Å². The van der Waals surface area contributed by atoms with Gasteiger partial charge in [0.05, 0.1) is 5.75 Å². The van der Waals surface area contributed by atoms with Crippen molar-refractivity contribution in [2.45, 2.75) is 26.8 Å². The Labute approximate surface area is 150 Å². The predicted molar refractivity (Wildman–Crippen MR) is 101 cm³/mol. The molecule has 25 heavy (non-hydrogen) atoms. The molecule has 0 radical (unpaired) electrons. The highest BCUT2D eigenvalue weighted by atomic mass is 32.2. The Bertz CT molecular complexity index is 647. The molecule has 1 N–H and O–H groups in total. The van der Waals surface area contributed by atoms with Gasteiger partial charge in [-0.1, -0.05) is 12.1 Å². The molecule has 0 saturated carbocycles. The van der Waals surface area contributed by atoms with Crippen LogP contribution in [-0.2, 0) is 16.6 Å². The van der Waals surface area contributed by atoms with E-state index in [4.69, 9.17) is 0 Å². The molecule has 0 aromatic heterocycles. The summed E-state index contributed by atoms with van der Waals surface area (Å²) in [6.45, 7) is 5.94. The minimum absolute atomic E-state index is 0.107. The van der Waals surface area contributed by atoms with Crippen molar-refractivity contribution in [1.82, 2.24) is 14.5 Å². The van der Waals surface area contributed by atoms with Crippen LogP contribution >= 0.6 is 0 Å². The predicted octanol–water partition coefficient (Wildman–Crippen LogP) is 1.89. The average Bonchev–Trinajstić information content (AvgIpc) is 2.59. The van der Waals surface area contributed by atoms with Gasteiger partial charge in [0, 0.05) is 40.3 Å². The van der Waals surface area contributed by atoms with E-state index in [1.165, 1.54) is 16.4 Å². The number of nitrogens with zero attached hydrogens (tertiary/aromatic N) is 3. The highest BCUT2D eigenvalue weighted by Crippen LogP contribution is 2.06. The fraction of sp³-hybridized carbons (Fsp3) is 0.588. The van der Waals surface area contributed by atoms with Crippen LogP contribution < -0.4 is 5.32 Å². The van der Waals surface area contributed by atoms with E-state index in [0.29, 0.717) is 26.1 Å². The molecular weight excluding hydrogens is 343 g/mol. The van der Waals surface area contributed by atoms with Crippen LogP contribution in [0.3, 0.4) is 0 Å². The second-order valence-electron chi connectivity index (χ2n) is 5.79. The lowest BCUT2D eigenvalue weighted by Gasteiger charge is -2.22. The van der Waals surface area contributed by atoms with Crippen molar-refractivity contribution in [3.05, 3.63) is 35.6 Å². The molecule has 1 aromatic carbocycles. The molecule has 0 bridgehead atoms. The highest BCUT2D eigenvalue weighted by molar-refractivity contribution is 7.89. The number of halogens is 1. The maximum Gasteiger partial charge on any atom is 0.213 e. The number of aliphatic imine (C=N–C) groups is 1. The van der Waals surface area contributed by atoms with Gasteiger partial charge in [0.25, 0.3) is 0 Å². The van der Waals surface area contributed by atoms with E-state index < -0.39 is 10.0 Å². The van der Waals surface area contributed by atoms with Gasteiger partial charge in [-0.05, 0) is 38.0 Å². The molecule has 1 aromatic rings. The summed E-state index contributed by atoms with van der Waals surface area (Å²) >= 11 is 0. The van der Waals surface area contributed by atoms with Crippen LogP contribution in [0.1, 0.15) is 25.8 Å². The normalized spacial score (nSPS) is 12.5. The van der Waals surface area contributed by atoms with Crippen molar-refractivity contribution >= 4 is 16.0 Å². The van der Waals surface area contributed by atoms with Crippen molar-refractivity contribution in [3.8, 4) is 0 Å². The fourth-order valence-electron chi connectivity index (χ4n) is 2.25. The van der Waals surface area contributed by atoms with Crippen molar-refractivity contribution < 1.29 is 12.8 Å². The number of sulfonamides is 1.